The van der Waals surface area contributed by atoms with Crippen LogP contribution in [0.3, 0.4) is 0 Å². The monoisotopic (exact) mass is 271 g/mol. The summed E-state index contributed by atoms with van der Waals surface area (Å²) in [5.74, 6) is -0.859. The van der Waals surface area contributed by atoms with Crippen molar-refractivity contribution in [2.45, 2.75) is 25.1 Å². The third kappa shape index (κ3) is 2.40. The number of aliphatic hydroxyl groups is 1. The lowest BCUT2D eigenvalue weighted by molar-refractivity contribution is -0.142. The zero-order valence-electron chi connectivity index (χ0n) is 11.1. The van der Waals surface area contributed by atoms with Crippen LogP contribution >= 0.6 is 0 Å². The SMILES string of the molecule is O=C(O)C1CC(O)CN1Cc1cccc2ccccc12. The summed E-state index contributed by atoms with van der Waals surface area (Å²) in [6.45, 7) is 0.968. The number of rotatable bonds is 3. The van der Waals surface area contributed by atoms with Gasteiger partial charge in [-0.15, -0.1) is 0 Å². The highest BCUT2D eigenvalue weighted by Crippen LogP contribution is 2.25. The second-order valence-corrected chi connectivity index (χ2v) is 5.31. The Labute approximate surface area is 117 Å². The molecule has 4 nitrogen and oxygen atoms in total. The van der Waals surface area contributed by atoms with Gasteiger partial charge in [-0.25, -0.2) is 0 Å². The molecule has 2 aromatic rings. The third-order valence-corrected chi connectivity index (χ3v) is 3.92. The first-order valence-electron chi connectivity index (χ1n) is 6.76. The fourth-order valence-electron chi connectivity index (χ4n) is 2.96. The normalized spacial score (nSPS) is 23.2. The maximum Gasteiger partial charge on any atom is 0.321 e. The van der Waals surface area contributed by atoms with Crippen molar-refractivity contribution in [1.29, 1.82) is 0 Å². The Morgan fingerprint density at radius 1 is 1.20 bits per heavy atom. The predicted octanol–water partition coefficient (Wildman–Crippen LogP) is 1.86. The summed E-state index contributed by atoms with van der Waals surface area (Å²) in [6.07, 6.45) is -0.244. The van der Waals surface area contributed by atoms with E-state index < -0.39 is 18.1 Å². The zero-order valence-corrected chi connectivity index (χ0v) is 11.1. The highest BCUT2D eigenvalue weighted by atomic mass is 16.4. The number of carboxylic acid groups (broad SMARTS) is 1. The van der Waals surface area contributed by atoms with E-state index >= 15 is 0 Å². The molecular weight excluding hydrogens is 254 g/mol. The van der Waals surface area contributed by atoms with E-state index in [2.05, 4.69) is 0 Å². The molecule has 0 aliphatic carbocycles. The maximum absolute atomic E-state index is 11.3. The molecule has 0 spiro atoms. The minimum atomic E-state index is -0.859. The summed E-state index contributed by atoms with van der Waals surface area (Å²) in [5, 5.41) is 21.2. The molecule has 0 aromatic heterocycles. The van der Waals surface area contributed by atoms with Gasteiger partial charge in [-0.05, 0) is 16.3 Å². The fraction of sp³-hybridized carbons (Fsp3) is 0.312. The summed E-state index contributed by atoms with van der Waals surface area (Å²) in [5.41, 5.74) is 1.10. The van der Waals surface area contributed by atoms with E-state index in [4.69, 9.17) is 0 Å². The largest absolute Gasteiger partial charge is 0.480 e. The molecule has 1 aliphatic heterocycles. The summed E-state index contributed by atoms with van der Waals surface area (Å²) >= 11 is 0. The number of hydrogen-bond acceptors (Lipinski definition) is 3. The zero-order chi connectivity index (χ0) is 14.1. The number of aliphatic carboxylic acids is 1. The molecule has 0 amide bonds. The number of carboxylic acids is 1. The summed E-state index contributed by atoms with van der Waals surface area (Å²) < 4.78 is 0. The van der Waals surface area contributed by atoms with Gasteiger partial charge in [-0.3, -0.25) is 9.69 Å². The van der Waals surface area contributed by atoms with Gasteiger partial charge in [0.1, 0.15) is 6.04 Å². The van der Waals surface area contributed by atoms with E-state index in [1.807, 2.05) is 47.4 Å². The quantitative estimate of drug-likeness (QED) is 0.894. The first-order chi connectivity index (χ1) is 9.65. The molecule has 2 aromatic carbocycles. The average Bonchev–Trinajstić information content (AvgIpc) is 2.80. The van der Waals surface area contributed by atoms with Gasteiger partial charge in [0.2, 0.25) is 0 Å². The van der Waals surface area contributed by atoms with Gasteiger partial charge >= 0.3 is 5.97 Å². The lowest BCUT2D eigenvalue weighted by Gasteiger charge is -2.21. The molecule has 20 heavy (non-hydrogen) atoms. The van der Waals surface area contributed by atoms with Gasteiger partial charge in [-0.1, -0.05) is 42.5 Å². The second-order valence-electron chi connectivity index (χ2n) is 5.31. The molecule has 2 unspecified atom stereocenters. The molecule has 0 bridgehead atoms. The van der Waals surface area contributed by atoms with Gasteiger partial charge < -0.3 is 10.2 Å². The highest BCUT2D eigenvalue weighted by Gasteiger charge is 2.35. The Balaban J connectivity index is 1.91. The minimum absolute atomic E-state index is 0.306. The highest BCUT2D eigenvalue weighted by molar-refractivity contribution is 5.85. The Bertz CT molecular complexity index is 635. The van der Waals surface area contributed by atoms with Crippen LogP contribution in [0, 0.1) is 0 Å². The van der Waals surface area contributed by atoms with Crippen LogP contribution in [-0.4, -0.2) is 39.8 Å². The van der Waals surface area contributed by atoms with Crippen LogP contribution in [0.4, 0.5) is 0 Å². The summed E-state index contributed by atoms with van der Waals surface area (Å²) in [6, 6.07) is 13.5. The van der Waals surface area contributed by atoms with E-state index in [-0.39, 0.29) is 0 Å². The molecule has 1 heterocycles. The molecule has 1 saturated heterocycles. The fourth-order valence-corrected chi connectivity index (χ4v) is 2.96. The molecule has 0 radical (unpaired) electrons. The molecule has 1 fully saturated rings. The molecule has 0 saturated carbocycles. The lowest BCUT2D eigenvalue weighted by Crippen LogP contribution is -2.35. The van der Waals surface area contributed by atoms with Gasteiger partial charge in [0.05, 0.1) is 6.10 Å². The van der Waals surface area contributed by atoms with Crippen molar-refractivity contribution < 1.29 is 15.0 Å². The van der Waals surface area contributed by atoms with E-state index in [1.54, 1.807) is 0 Å². The number of likely N-dealkylation sites (tertiary alicyclic amines) is 1. The number of fused-ring (bicyclic) bond motifs is 1. The summed E-state index contributed by atoms with van der Waals surface area (Å²) in [4.78, 5) is 13.1. The first kappa shape index (κ1) is 13.1. The molecule has 4 heteroatoms. The maximum atomic E-state index is 11.3. The van der Waals surface area contributed by atoms with Gasteiger partial charge in [0, 0.05) is 19.5 Å². The predicted molar refractivity (Wildman–Crippen MR) is 76.4 cm³/mol. The van der Waals surface area contributed by atoms with Crippen molar-refractivity contribution in [2.24, 2.45) is 0 Å². The van der Waals surface area contributed by atoms with Crippen LogP contribution < -0.4 is 0 Å². The van der Waals surface area contributed by atoms with Crippen molar-refractivity contribution >= 4 is 16.7 Å². The Morgan fingerprint density at radius 2 is 1.95 bits per heavy atom. The topological polar surface area (TPSA) is 60.8 Å². The van der Waals surface area contributed by atoms with Crippen molar-refractivity contribution in [3.05, 3.63) is 48.0 Å². The second kappa shape index (κ2) is 5.23. The Kier molecular flexibility index (Phi) is 3.42. The molecule has 2 N–H and O–H groups in total. The Hall–Kier alpha value is -1.91. The van der Waals surface area contributed by atoms with E-state index in [0.29, 0.717) is 19.5 Å². The van der Waals surface area contributed by atoms with Crippen molar-refractivity contribution in [2.75, 3.05) is 6.54 Å². The molecular formula is C16H17NO3. The van der Waals surface area contributed by atoms with E-state index in [9.17, 15) is 15.0 Å². The molecule has 3 rings (SSSR count). The van der Waals surface area contributed by atoms with Crippen LogP contribution in [0.1, 0.15) is 12.0 Å². The van der Waals surface area contributed by atoms with Crippen LogP contribution in [0.2, 0.25) is 0 Å². The molecule has 2 atom stereocenters. The summed E-state index contributed by atoms with van der Waals surface area (Å²) in [7, 11) is 0. The molecule has 104 valence electrons. The number of carbonyl (C=O) groups is 1. The van der Waals surface area contributed by atoms with E-state index in [0.717, 1.165) is 16.3 Å². The standard InChI is InChI=1S/C16H17NO3/c18-13-8-15(16(19)20)17(10-13)9-12-6-3-5-11-4-1-2-7-14(11)12/h1-7,13,15,18H,8-10H2,(H,19,20). The number of hydrogen-bond donors (Lipinski definition) is 2. The van der Waals surface area contributed by atoms with Crippen LogP contribution in [0.5, 0.6) is 0 Å². The number of β-amino-alcohol motifs (C(OH)–C–C–N with tert-alkyl or cyclic N) is 1. The lowest BCUT2D eigenvalue weighted by atomic mass is 10.0. The van der Waals surface area contributed by atoms with Crippen LogP contribution in [-0.2, 0) is 11.3 Å². The van der Waals surface area contributed by atoms with Crippen molar-refractivity contribution in [1.82, 2.24) is 4.90 Å². The number of aliphatic hydroxyl groups excluding tert-OH is 1. The third-order valence-electron chi connectivity index (χ3n) is 3.92. The minimum Gasteiger partial charge on any atom is -0.480 e. The Morgan fingerprint density at radius 3 is 2.75 bits per heavy atom. The first-order valence-corrected chi connectivity index (χ1v) is 6.76. The van der Waals surface area contributed by atoms with Crippen molar-refractivity contribution in [3.8, 4) is 0 Å². The van der Waals surface area contributed by atoms with Gasteiger partial charge in [-0.2, -0.15) is 0 Å². The average molecular weight is 271 g/mol. The smallest absolute Gasteiger partial charge is 0.321 e. The van der Waals surface area contributed by atoms with Gasteiger partial charge in [0.25, 0.3) is 0 Å². The van der Waals surface area contributed by atoms with Gasteiger partial charge in [0.15, 0.2) is 0 Å². The van der Waals surface area contributed by atoms with Crippen molar-refractivity contribution in [3.63, 3.8) is 0 Å². The van der Waals surface area contributed by atoms with Crippen LogP contribution in [0.15, 0.2) is 42.5 Å². The van der Waals surface area contributed by atoms with E-state index in [1.165, 1.54) is 0 Å². The van der Waals surface area contributed by atoms with Crippen LogP contribution in [0.25, 0.3) is 10.8 Å². The number of nitrogens with zero attached hydrogens (tertiary/aromatic N) is 1. The number of benzene rings is 2. The molecule has 1 aliphatic rings.